The molecule has 166 valence electrons. The SMILES string of the molecule is O=c1ccn([C@H]2CC[C@@H](C(O)O[S+]=P(O)(O)OP(=O)(O)OP(=O)(O)O)O2)c(=O)[nH]1. The molecule has 29 heavy (non-hydrogen) atoms. The minimum absolute atomic E-state index is 0.140. The summed E-state index contributed by atoms with van der Waals surface area (Å²) in [5, 5.41) is 9.91. The maximum Gasteiger partial charge on any atom is 0.571 e. The third kappa shape index (κ3) is 7.86. The van der Waals surface area contributed by atoms with Crippen LogP contribution in [0.2, 0.25) is 0 Å². The lowest BCUT2D eigenvalue weighted by atomic mass is 10.2. The molecule has 0 saturated carbocycles. The number of phosphoric acid groups is 2. The molecule has 1 aromatic rings. The van der Waals surface area contributed by atoms with Gasteiger partial charge >= 0.3 is 39.3 Å². The van der Waals surface area contributed by atoms with E-state index in [2.05, 4.69) is 12.8 Å². The van der Waals surface area contributed by atoms with Gasteiger partial charge in [-0.15, -0.1) is 0 Å². The number of aromatic amines is 1. The predicted octanol–water partition coefficient (Wildman–Crippen LogP) is -1.56. The molecule has 0 radical (unpaired) electrons. The van der Waals surface area contributed by atoms with Crippen LogP contribution in [0.25, 0.3) is 0 Å². The smallest absolute Gasteiger partial charge is 0.362 e. The van der Waals surface area contributed by atoms with Crippen molar-refractivity contribution in [2.24, 2.45) is 0 Å². The van der Waals surface area contributed by atoms with Gasteiger partial charge in [-0.05, 0) is 12.8 Å². The molecule has 1 aromatic heterocycles. The summed E-state index contributed by atoms with van der Waals surface area (Å²) in [5.74, 6) is 0. The van der Waals surface area contributed by atoms with E-state index in [0.29, 0.717) is 0 Å². The summed E-state index contributed by atoms with van der Waals surface area (Å²) in [6.45, 7) is -4.93. The minimum Gasteiger partial charge on any atom is -0.362 e. The van der Waals surface area contributed by atoms with E-state index in [1.807, 2.05) is 4.98 Å². The monoisotopic (exact) mass is 501 g/mol. The quantitative estimate of drug-likeness (QED) is 0.0921. The van der Waals surface area contributed by atoms with Gasteiger partial charge in [0.1, 0.15) is 12.3 Å². The Labute approximate surface area is 164 Å². The fraction of sp³-hybridized carbons (Fsp3) is 0.556. The van der Waals surface area contributed by atoms with E-state index in [-0.39, 0.29) is 24.1 Å². The average Bonchev–Trinajstić information content (AvgIpc) is 2.98. The first-order valence-corrected chi connectivity index (χ1v) is 13.3. The van der Waals surface area contributed by atoms with Crippen LogP contribution in [-0.2, 0) is 37.9 Å². The lowest BCUT2D eigenvalue weighted by molar-refractivity contribution is -0.129. The van der Waals surface area contributed by atoms with Crippen LogP contribution >= 0.6 is 22.4 Å². The van der Waals surface area contributed by atoms with Gasteiger partial charge in [-0.1, -0.05) is 4.18 Å². The van der Waals surface area contributed by atoms with Gasteiger partial charge in [0.15, 0.2) is 0 Å². The van der Waals surface area contributed by atoms with E-state index in [9.17, 15) is 33.6 Å². The fourth-order valence-corrected chi connectivity index (χ4v) is 6.75. The van der Waals surface area contributed by atoms with Gasteiger partial charge in [-0.25, -0.2) is 13.9 Å². The van der Waals surface area contributed by atoms with Crippen molar-refractivity contribution in [3.8, 4) is 0 Å². The van der Waals surface area contributed by atoms with E-state index >= 15 is 0 Å². The van der Waals surface area contributed by atoms with Crippen LogP contribution in [0.1, 0.15) is 19.1 Å². The fourth-order valence-electron chi connectivity index (χ4n) is 2.17. The molecule has 1 fully saturated rings. The van der Waals surface area contributed by atoms with Crippen molar-refractivity contribution in [1.29, 1.82) is 0 Å². The Morgan fingerprint density at radius 3 is 2.41 bits per heavy atom. The zero-order chi connectivity index (χ0) is 22.0. The summed E-state index contributed by atoms with van der Waals surface area (Å²) in [4.78, 5) is 69.8. The Morgan fingerprint density at radius 1 is 1.17 bits per heavy atom. The zero-order valence-electron chi connectivity index (χ0n) is 13.9. The molecule has 4 atom stereocenters. The van der Waals surface area contributed by atoms with E-state index in [4.69, 9.17) is 19.4 Å². The van der Waals surface area contributed by atoms with E-state index in [0.717, 1.165) is 10.6 Å². The standard InChI is InChI=1S/C9H15N2O14P3S/c12-6-3-4-11(9(14)10-6)7-2-1-5(22-7)8(13)23-29-28(20,21)25-27(18,19)24-26(15,16)17/h3-5,7-8,13H,1-2H2,(H5-,10,12,14,15,16,17,18,19,20,21)/p+1/t5-,7+,8?/m0/s1. The molecule has 0 spiro atoms. The zero-order valence-corrected chi connectivity index (χ0v) is 17.4. The third-order valence-corrected chi connectivity index (χ3v) is 8.44. The molecule has 16 nitrogen and oxygen atoms in total. The maximum atomic E-state index is 11.7. The van der Waals surface area contributed by atoms with Crippen LogP contribution in [0.5, 0.6) is 0 Å². The summed E-state index contributed by atoms with van der Waals surface area (Å²) in [5.41, 5.74) is -1.36. The van der Waals surface area contributed by atoms with Crippen LogP contribution in [0.4, 0.5) is 0 Å². The van der Waals surface area contributed by atoms with Crippen molar-refractivity contribution in [3.05, 3.63) is 33.1 Å². The average molecular weight is 501 g/mol. The van der Waals surface area contributed by atoms with Crippen molar-refractivity contribution >= 4 is 33.6 Å². The molecule has 2 unspecified atom stereocenters. The normalized spacial score (nSPS) is 23.5. The first-order chi connectivity index (χ1) is 13.2. The summed E-state index contributed by atoms with van der Waals surface area (Å²) >= 11 is -0.383. The van der Waals surface area contributed by atoms with Crippen LogP contribution < -0.4 is 11.2 Å². The molecule has 7 N–H and O–H groups in total. The Kier molecular flexibility index (Phi) is 7.87. The van der Waals surface area contributed by atoms with E-state index in [1.54, 1.807) is 0 Å². The molecule has 1 aliphatic heterocycles. The molecular formula is C9H16N2O14P3S+. The Bertz CT molecular complexity index is 995. The van der Waals surface area contributed by atoms with Gasteiger partial charge in [0.05, 0.1) is 0 Å². The summed E-state index contributed by atoms with van der Waals surface area (Å²) in [6, 6.07) is 1.08. The number of hydrogen-bond acceptors (Lipinski definition) is 9. The summed E-state index contributed by atoms with van der Waals surface area (Å²) in [7, 11) is -11.1. The summed E-state index contributed by atoms with van der Waals surface area (Å²) < 4.78 is 40.2. The van der Waals surface area contributed by atoms with E-state index in [1.165, 1.54) is 6.20 Å². The molecule has 0 bridgehead atoms. The summed E-state index contributed by atoms with van der Waals surface area (Å²) in [6.07, 6.45) is -2.22. The number of H-pyrrole nitrogens is 1. The number of nitrogens with one attached hydrogen (secondary N) is 1. The van der Waals surface area contributed by atoms with Gasteiger partial charge in [0, 0.05) is 12.3 Å². The number of aliphatic hydroxyl groups excluding tert-OH is 1. The molecular weight excluding hydrogens is 485 g/mol. The van der Waals surface area contributed by atoms with Crippen LogP contribution in [-0.4, -0.2) is 51.5 Å². The lowest BCUT2D eigenvalue weighted by Gasteiger charge is -2.16. The second-order valence-corrected chi connectivity index (χ2v) is 11.8. The maximum absolute atomic E-state index is 11.7. The van der Waals surface area contributed by atoms with Gasteiger partial charge in [0.2, 0.25) is 6.29 Å². The molecule has 2 rings (SSSR count). The highest BCUT2D eigenvalue weighted by molar-refractivity contribution is 8.15. The minimum atomic E-state index is -5.57. The van der Waals surface area contributed by atoms with Crippen LogP contribution in [0.3, 0.4) is 0 Å². The van der Waals surface area contributed by atoms with Crippen LogP contribution in [0, 0.1) is 0 Å². The third-order valence-electron chi connectivity index (χ3n) is 3.17. The van der Waals surface area contributed by atoms with Gasteiger partial charge in [0.25, 0.3) is 5.56 Å². The largest absolute Gasteiger partial charge is 0.571 e. The van der Waals surface area contributed by atoms with Crippen molar-refractivity contribution in [1.82, 2.24) is 9.55 Å². The van der Waals surface area contributed by atoms with Gasteiger partial charge < -0.3 is 24.5 Å². The molecule has 0 aromatic carbocycles. The number of aliphatic hydroxyl groups is 1. The van der Waals surface area contributed by atoms with Crippen molar-refractivity contribution in [3.63, 3.8) is 0 Å². The van der Waals surface area contributed by atoms with Gasteiger partial charge in [-0.3, -0.25) is 24.1 Å². The molecule has 0 amide bonds. The number of rotatable bonds is 8. The molecule has 1 aliphatic rings. The van der Waals surface area contributed by atoms with E-state index < -0.39 is 52.2 Å². The highest BCUT2D eigenvalue weighted by Crippen LogP contribution is 2.65. The first kappa shape index (κ1) is 24.7. The molecule has 20 heteroatoms. The predicted molar refractivity (Wildman–Crippen MR) is 94.3 cm³/mol. The van der Waals surface area contributed by atoms with Crippen LogP contribution in [0.15, 0.2) is 21.9 Å². The Morgan fingerprint density at radius 2 is 1.83 bits per heavy atom. The Balaban J connectivity index is 2.00. The molecule has 1 saturated heterocycles. The highest BCUT2D eigenvalue weighted by Gasteiger charge is 2.45. The molecule has 2 heterocycles. The van der Waals surface area contributed by atoms with Gasteiger partial charge in [-0.2, -0.15) is 8.62 Å². The number of nitrogens with zero attached hydrogens (tertiary/aromatic N) is 1. The second kappa shape index (κ2) is 9.26. The number of aromatic nitrogens is 2. The highest BCUT2D eigenvalue weighted by atomic mass is 32.5. The van der Waals surface area contributed by atoms with Crippen molar-refractivity contribution < 1.29 is 56.2 Å². The second-order valence-electron chi connectivity index (χ2n) is 5.40. The number of hydrogen-bond donors (Lipinski definition) is 7. The first-order valence-electron chi connectivity index (χ1n) is 7.33. The Hall–Kier alpha value is -0.610. The molecule has 0 aliphatic carbocycles. The van der Waals surface area contributed by atoms with Crippen molar-refractivity contribution in [2.75, 3.05) is 0 Å². The topological polar surface area (TPSA) is 247 Å². The number of ether oxygens (including phenoxy) is 1. The van der Waals surface area contributed by atoms with Crippen molar-refractivity contribution in [2.45, 2.75) is 31.5 Å². The lowest BCUT2D eigenvalue weighted by Crippen LogP contribution is -2.33.